The lowest BCUT2D eigenvalue weighted by Crippen LogP contribution is -1.91. The van der Waals surface area contributed by atoms with E-state index < -0.39 is 5.97 Å². The second kappa shape index (κ2) is 6.26. The standard InChI is InChI=1S/C17H13BrN2O3/c1-23-13-4-2-3-11(9-13)17-14(6-8-16(21)22)20-10-12(18)5-7-15(20)19-17/h2-10H,1H3,(H,21,22). The number of imidazole rings is 1. The third-order valence-corrected chi connectivity index (χ3v) is 3.82. The van der Waals surface area contributed by atoms with Crippen LogP contribution < -0.4 is 4.74 Å². The number of benzene rings is 1. The van der Waals surface area contributed by atoms with Crippen molar-refractivity contribution in [3.05, 3.63) is 58.8 Å². The molecule has 0 aliphatic carbocycles. The number of carboxylic acid groups (broad SMARTS) is 1. The van der Waals surface area contributed by atoms with Crippen LogP contribution in [0.4, 0.5) is 0 Å². The maximum atomic E-state index is 10.9. The van der Waals surface area contributed by atoms with Crippen LogP contribution in [0.15, 0.2) is 53.1 Å². The minimum atomic E-state index is -1.01. The molecule has 0 amide bonds. The Morgan fingerprint density at radius 1 is 1.35 bits per heavy atom. The van der Waals surface area contributed by atoms with E-state index in [4.69, 9.17) is 9.84 Å². The SMILES string of the molecule is COc1cccc(-c2nc3ccc(Br)cn3c2C=CC(=O)O)c1. The summed E-state index contributed by atoms with van der Waals surface area (Å²) >= 11 is 3.43. The van der Waals surface area contributed by atoms with Crippen LogP contribution in [0.3, 0.4) is 0 Å². The molecule has 3 aromatic rings. The number of carboxylic acids is 1. The molecule has 2 aromatic heterocycles. The Balaban J connectivity index is 2.26. The van der Waals surface area contributed by atoms with Crippen molar-refractivity contribution in [2.45, 2.75) is 0 Å². The minimum Gasteiger partial charge on any atom is -0.497 e. The Kier molecular flexibility index (Phi) is 4.16. The Bertz CT molecular complexity index is 915. The molecule has 1 N–H and O–H groups in total. The van der Waals surface area contributed by atoms with Gasteiger partial charge in [-0.05, 0) is 46.3 Å². The van der Waals surface area contributed by atoms with E-state index >= 15 is 0 Å². The molecule has 3 rings (SSSR count). The molecule has 0 spiro atoms. The average molecular weight is 373 g/mol. The predicted octanol–water partition coefficient (Wildman–Crippen LogP) is 3.87. The van der Waals surface area contributed by atoms with Crippen LogP contribution in [0, 0.1) is 0 Å². The van der Waals surface area contributed by atoms with Crippen LogP contribution in [0.2, 0.25) is 0 Å². The smallest absolute Gasteiger partial charge is 0.328 e. The summed E-state index contributed by atoms with van der Waals surface area (Å²) < 4.78 is 7.98. The quantitative estimate of drug-likeness (QED) is 0.706. The molecule has 23 heavy (non-hydrogen) atoms. The number of rotatable bonds is 4. The highest BCUT2D eigenvalue weighted by molar-refractivity contribution is 9.10. The van der Waals surface area contributed by atoms with Crippen molar-refractivity contribution in [1.82, 2.24) is 9.38 Å². The molecule has 0 atom stereocenters. The van der Waals surface area contributed by atoms with Crippen molar-refractivity contribution in [2.24, 2.45) is 0 Å². The van der Waals surface area contributed by atoms with E-state index in [9.17, 15) is 4.79 Å². The summed E-state index contributed by atoms with van der Waals surface area (Å²) in [6.07, 6.45) is 4.51. The molecule has 0 aliphatic heterocycles. The molecule has 0 saturated carbocycles. The van der Waals surface area contributed by atoms with Crippen molar-refractivity contribution >= 4 is 33.6 Å². The maximum Gasteiger partial charge on any atom is 0.328 e. The van der Waals surface area contributed by atoms with Gasteiger partial charge in [-0.25, -0.2) is 9.78 Å². The molecular weight excluding hydrogens is 360 g/mol. The van der Waals surface area contributed by atoms with Crippen LogP contribution in [-0.4, -0.2) is 27.6 Å². The van der Waals surface area contributed by atoms with Gasteiger partial charge >= 0.3 is 5.97 Å². The summed E-state index contributed by atoms with van der Waals surface area (Å²) in [7, 11) is 1.60. The molecule has 0 saturated heterocycles. The normalized spacial score (nSPS) is 11.2. The van der Waals surface area contributed by atoms with E-state index in [1.165, 1.54) is 0 Å². The number of fused-ring (bicyclic) bond motifs is 1. The van der Waals surface area contributed by atoms with Gasteiger partial charge in [0, 0.05) is 22.3 Å². The first kappa shape index (κ1) is 15.3. The number of hydrogen-bond donors (Lipinski definition) is 1. The molecule has 1 aromatic carbocycles. The van der Waals surface area contributed by atoms with E-state index in [1.807, 2.05) is 47.0 Å². The molecule has 0 unspecified atom stereocenters. The number of hydrogen-bond acceptors (Lipinski definition) is 3. The van der Waals surface area contributed by atoms with Crippen LogP contribution >= 0.6 is 15.9 Å². The van der Waals surface area contributed by atoms with Crippen molar-refractivity contribution in [1.29, 1.82) is 0 Å². The predicted molar refractivity (Wildman–Crippen MR) is 91.5 cm³/mol. The molecule has 0 fully saturated rings. The van der Waals surface area contributed by atoms with Gasteiger partial charge in [-0.3, -0.25) is 4.40 Å². The molecule has 0 aliphatic rings. The van der Waals surface area contributed by atoms with Gasteiger partial charge in [0.1, 0.15) is 11.4 Å². The summed E-state index contributed by atoms with van der Waals surface area (Å²) in [5.41, 5.74) is 2.97. The van der Waals surface area contributed by atoms with Crippen molar-refractivity contribution < 1.29 is 14.6 Å². The van der Waals surface area contributed by atoms with Crippen molar-refractivity contribution in [3.8, 4) is 17.0 Å². The van der Waals surface area contributed by atoms with Gasteiger partial charge in [0.15, 0.2) is 0 Å². The first-order valence-corrected chi connectivity index (χ1v) is 7.61. The molecule has 0 bridgehead atoms. The maximum absolute atomic E-state index is 10.9. The summed E-state index contributed by atoms with van der Waals surface area (Å²) in [5, 5.41) is 8.94. The zero-order valence-corrected chi connectivity index (χ0v) is 13.8. The first-order chi connectivity index (χ1) is 11.1. The summed E-state index contributed by atoms with van der Waals surface area (Å²) in [4.78, 5) is 15.5. The van der Waals surface area contributed by atoms with Crippen molar-refractivity contribution in [2.75, 3.05) is 7.11 Å². The van der Waals surface area contributed by atoms with Gasteiger partial charge in [-0.2, -0.15) is 0 Å². The fourth-order valence-electron chi connectivity index (χ4n) is 2.33. The average Bonchev–Trinajstić information content (AvgIpc) is 2.90. The molecule has 0 radical (unpaired) electrons. The fourth-order valence-corrected chi connectivity index (χ4v) is 2.67. The number of aromatic nitrogens is 2. The van der Waals surface area contributed by atoms with E-state index in [1.54, 1.807) is 13.2 Å². The lowest BCUT2D eigenvalue weighted by atomic mass is 10.1. The van der Waals surface area contributed by atoms with Gasteiger partial charge in [-0.1, -0.05) is 12.1 Å². The number of aliphatic carboxylic acids is 1. The highest BCUT2D eigenvalue weighted by Gasteiger charge is 2.13. The van der Waals surface area contributed by atoms with Gasteiger partial charge < -0.3 is 9.84 Å². The van der Waals surface area contributed by atoms with E-state index in [-0.39, 0.29) is 0 Å². The number of nitrogens with zero attached hydrogens (tertiary/aromatic N) is 2. The lowest BCUT2D eigenvalue weighted by molar-refractivity contribution is -0.131. The monoisotopic (exact) mass is 372 g/mol. The molecular formula is C17H13BrN2O3. The molecule has 2 heterocycles. The second-order valence-electron chi connectivity index (χ2n) is 4.82. The van der Waals surface area contributed by atoms with Crippen LogP contribution in [0.5, 0.6) is 5.75 Å². The number of carbonyl (C=O) groups is 1. The number of halogens is 1. The van der Waals surface area contributed by atoms with Gasteiger partial charge in [0.05, 0.1) is 18.5 Å². The largest absolute Gasteiger partial charge is 0.497 e. The lowest BCUT2D eigenvalue weighted by Gasteiger charge is -2.04. The summed E-state index contributed by atoms with van der Waals surface area (Å²) in [6, 6.07) is 11.3. The third-order valence-electron chi connectivity index (χ3n) is 3.35. The Morgan fingerprint density at radius 2 is 2.17 bits per heavy atom. The van der Waals surface area contributed by atoms with Crippen LogP contribution in [0.25, 0.3) is 23.0 Å². The number of methoxy groups -OCH3 is 1. The van der Waals surface area contributed by atoms with E-state index in [0.717, 1.165) is 21.8 Å². The fraction of sp³-hybridized carbons (Fsp3) is 0.0588. The zero-order chi connectivity index (χ0) is 16.4. The highest BCUT2D eigenvalue weighted by Crippen LogP contribution is 2.29. The molecule has 6 heteroatoms. The zero-order valence-electron chi connectivity index (χ0n) is 12.2. The summed E-state index contributed by atoms with van der Waals surface area (Å²) in [5.74, 6) is -0.291. The van der Waals surface area contributed by atoms with Gasteiger partial charge in [-0.15, -0.1) is 0 Å². The Morgan fingerprint density at radius 3 is 2.91 bits per heavy atom. The van der Waals surface area contributed by atoms with E-state index in [0.29, 0.717) is 17.1 Å². The van der Waals surface area contributed by atoms with E-state index in [2.05, 4.69) is 20.9 Å². The van der Waals surface area contributed by atoms with Gasteiger partial charge in [0.2, 0.25) is 0 Å². The minimum absolute atomic E-state index is 0.692. The molecule has 116 valence electrons. The van der Waals surface area contributed by atoms with Crippen LogP contribution in [-0.2, 0) is 4.79 Å². The first-order valence-electron chi connectivity index (χ1n) is 6.81. The summed E-state index contributed by atoms with van der Waals surface area (Å²) in [6.45, 7) is 0. The Labute approximate surface area is 141 Å². The highest BCUT2D eigenvalue weighted by atomic mass is 79.9. The second-order valence-corrected chi connectivity index (χ2v) is 5.74. The van der Waals surface area contributed by atoms with Gasteiger partial charge in [0.25, 0.3) is 0 Å². The van der Waals surface area contributed by atoms with Crippen LogP contribution in [0.1, 0.15) is 5.69 Å². The number of pyridine rings is 1. The van der Waals surface area contributed by atoms with Crippen molar-refractivity contribution in [3.63, 3.8) is 0 Å². The number of ether oxygens (including phenoxy) is 1. The third kappa shape index (κ3) is 3.12. The molecule has 5 nitrogen and oxygen atoms in total. The topological polar surface area (TPSA) is 63.8 Å². The Hall–Kier alpha value is -2.60.